The van der Waals surface area contributed by atoms with Crippen LogP contribution >= 0.6 is 0 Å². The Labute approximate surface area is 141 Å². The van der Waals surface area contributed by atoms with Crippen molar-refractivity contribution in [1.29, 1.82) is 0 Å². The summed E-state index contributed by atoms with van der Waals surface area (Å²) in [6.45, 7) is 4.03. The van der Waals surface area contributed by atoms with Crippen molar-refractivity contribution in [1.82, 2.24) is 14.8 Å². The lowest BCUT2D eigenvalue weighted by molar-refractivity contribution is -0.116. The van der Waals surface area contributed by atoms with E-state index in [0.29, 0.717) is 12.8 Å². The van der Waals surface area contributed by atoms with Crippen LogP contribution in [0, 0.1) is 13.8 Å². The minimum absolute atomic E-state index is 0.00698. The van der Waals surface area contributed by atoms with E-state index in [2.05, 4.69) is 15.4 Å². The Morgan fingerprint density at radius 1 is 1.08 bits per heavy atom. The standard InChI is InChI=1S/C19H20N4O/c1-14-18(8-9-19(24)21-16-10-12-20-13-11-16)15(2)23(22-14)17-6-4-3-5-7-17/h3-7,10-13H,8-9H2,1-2H3,(H,20,21,24). The molecule has 0 saturated heterocycles. The Kier molecular flexibility index (Phi) is 4.70. The van der Waals surface area contributed by atoms with Crippen LogP contribution in [0.3, 0.4) is 0 Å². The van der Waals surface area contributed by atoms with E-state index in [1.165, 1.54) is 0 Å². The highest BCUT2D eigenvalue weighted by Crippen LogP contribution is 2.19. The molecule has 0 spiro atoms. The molecule has 1 N–H and O–H groups in total. The smallest absolute Gasteiger partial charge is 0.224 e. The molecule has 0 aliphatic carbocycles. The van der Waals surface area contributed by atoms with Crippen LogP contribution in [0.25, 0.3) is 5.69 Å². The molecule has 3 rings (SSSR count). The first-order valence-corrected chi connectivity index (χ1v) is 7.95. The summed E-state index contributed by atoms with van der Waals surface area (Å²) < 4.78 is 1.94. The number of para-hydroxylation sites is 1. The SMILES string of the molecule is Cc1nn(-c2ccccc2)c(C)c1CCC(=O)Nc1ccncc1. The maximum Gasteiger partial charge on any atom is 0.224 e. The van der Waals surface area contributed by atoms with Crippen molar-refractivity contribution in [2.45, 2.75) is 26.7 Å². The molecule has 0 aliphatic rings. The van der Waals surface area contributed by atoms with Gasteiger partial charge in [-0.1, -0.05) is 18.2 Å². The third-order valence-corrected chi connectivity index (χ3v) is 4.01. The number of nitrogens with one attached hydrogen (secondary N) is 1. The maximum absolute atomic E-state index is 12.1. The molecular formula is C19H20N4O. The van der Waals surface area contributed by atoms with Gasteiger partial charge >= 0.3 is 0 Å². The van der Waals surface area contributed by atoms with Gasteiger partial charge in [-0.25, -0.2) is 4.68 Å². The Balaban J connectivity index is 1.70. The van der Waals surface area contributed by atoms with Crippen molar-refractivity contribution in [3.8, 4) is 5.69 Å². The Morgan fingerprint density at radius 3 is 2.50 bits per heavy atom. The molecule has 0 unspecified atom stereocenters. The summed E-state index contributed by atoms with van der Waals surface area (Å²) in [6.07, 6.45) is 4.41. The second kappa shape index (κ2) is 7.08. The molecule has 0 bridgehead atoms. The second-order valence-corrected chi connectivity index (χ2v) is 5.68. The number of pyridine rings is 1. The van der Waals surface area contributed by atoms with Crippen molar-refractivity contribution in [2.75, 3.05) is 5.32 Å². The molecule has 24 heavy (non-hydrogen) atoms. The average Bonchev–Trinajstić information content (AvgIpc) is 2.89. The van der Waals surface area contributed by atoms with Crippen LogP contribution in [0.15, 0.2) is 54.9 Å². The van der Waals surface area contributed by atoms with Gasteiger partial charge in [-0.15, -0.1) is 0 Å². The predicted octanol–water partition coefficient (Wildman–Crippen LogP) is 3.46. The fourth-order valence-electron chi connectivity index (χ4n) is 2.75. The van der Waals surface area contributed by atoms with Crippen LogP contribution in [-0.2, 0) is 11.2 Å². The van der Waals surface area contributed by atoms with Crippen molar-refractivity contribution >= 4 is 11.6 Å². The zero-order valence-electron chi connectivity index (χ0n) is 13.9. The molecule has 1 amide bonds. The number of hydrogen-bond donors (Lipinski definition) is 1. The molecule has 3 aromatic rings. The number of rotatable bonds is 5. The van der Waals surface area contributed by atoms with Crippen LogP contribution < -0.4 is 5.32 Å². The number of nitrogens with zero attached hydrogens (tertiary/aromatic N) is 3. The van der Waals surface area contributed by atoms with Crippen LogP contribution in [0.2, 0.25) is 0 Å². The molecule has 0 fully saturated rings. The maximum atomic E-state index is 12.1. The molecular weight excluding hydrogens is 300 g/mol. The highest BCUT2D eigenvalue weighted by molar-refractivity contribution is 5.90. The molecule has 5 nitrogen and oxygen atoms in total. The van der Waals surface area contributed by atoms with Gasteiger partial charge in [0.15, 0.2) is 0 Å². The number of carbonyl (C=O) groups is 1. The number of hydrogen-bond acceptors (Lipinski definition) is 3. The van der Waals surface area contributed by atoms with Crippen molar-refractivity contribution in [3.63, 3.8) is 0 Å². The molecule has 0 atom stereocenters. The van der Waals surface area contributed by atoms with Crippen LogP contribution in [0.5, 0.6) is 0 Å². The first kappa shape index (κ1) is 15.9. The van der Waals surface area contributed by atoms with E-state index in [0.717, 1.165) is 28.3 Å². The van der Waals surface area contributed by atoms with E-state index in [1.807, 2.05) is 48.9 Å². The Bertz CT molecular complexity index is 825. The third kappa shape index (κ3) is 3.51. The summed E-state index contributed by atoms with van der Waals surface area (Å²) in [4.78, 5) is 16.1. The second-order valence-electron chi connectivity index (χ2n) is 5.68. The fourth-order valence-corrected chi connectivity index (χ4v) is 2.75. The van der Waals surface area contributed by atoms with E-state index in [4.69, 9.17) is 0 Å². The quantitative estimate of drug-likeness (QED) is 0.783. The molecule has 2 aromatic heterocycles. The lowest BCUT2D eigenvalue weighted by atomic mass is 10.1. The summed E-state index contributed by atoms with van der Waals surface area (Å²) in [5, 5.41) is 7.50. The summed E-state index contributed by atoms with van der Waals surface area (Å²) in [5.74, 6) is -0.00698. The van der Waals surface area contributed by atoms with Gasteiger partial charge in [0, 0.05) is 30.2 Å². The molecule has 5 heteroatoms. The zero-order chi connectivity index (χ0) is 16.9. The number of amides is 1. The van der Waals surface area contributed by atoms with E-state index in [9.17, 15) is 4.79 Å². The van der Waals surface area contributed by atoms with E-state index >= 15 is 0 Å². The van der Waals surface area contributed by atoms with E-state index < -0.39 is 0 Å². The van der Waals surface area contributed by atoms with Crippen LogP contribution in [0.1, 0.15) is 23.4 Å². The average molecular weight is 320 g/mol. The molecule has 2 heterocycles. The van der Waals surface area contributed by atoms with Gasteiger partial charge in [-0.3, -0.25) is 9.78 Å². The number of carbonyl (C=O) groups excluding carboxylic acids is 1. The number of aryl methyl sites for hydroxylation is 1. The predicted molar refractivity (Wildman–Crippen MR) is 94.2 cm³/mol. The minimum atomic E-state index is -0.00698. The first-order valence-electron chi connectivity index (χ1n) is 7.95. The first-order chi connectivity index (χ1) is 11.6. The lowest BCUT2D eigenvalue weighted by Crippen LogP contribution is -2.12. The topological polar surface area (TPSA) is 59.8 Å². The van der Waals surface area contributed by atoms with Gasteiger partial charge in [0.25, 0.3) is 0 Å². The number of benzene rings is 1. The number of anilines is 1. The Morgan fingerprint density at radius 2 is 1.79 bits per heavy atom. The normalized spacial score (nSPS) is 10.6. The minimum Gasteiger partial charge on any atom is -0.326 e. The van der Waals surface area contributed by atoms with Crippen molar-refractivity contribution < 1.29 is 4.79 Å². The molecule has 0 radical (unpaired) electrons. The van der Waals surface area contributed by atoms with E-state index in [-0.39, 0.29) is 5.91 Å². The molecule has 122 valence electrons. The summed E-state index contributed by atoms with van der Waals surface area (Å²) in [5.41, 5.74) is 4.97. The van der Waals surface area contributed by atoms with Crippen LogP contribution in [0.4, 0.5) is 5.69 Å². The van der Waals surface area contributed by atoms with Gasteiger partial charge in [0.2, 0.25) is 5.91 Å². The van der Waals surface area contributed by atoms with Gasteiger partial charge in [0.05, 0.1) is 11.4 Å². The van der Waals surface area contributed by atoms with Crippen molar-refractivity contribution in [2.24, 2.45) is 0 Å². The monoisotopic (exact) mass is 320 g/mol. The highest BCUT2D eigenvalue weighted by atomic mass is 16.1. The molecule has 0 saturated carbocycles. The molecule has 0 aliphatic heterocycles. The van der Waals surface area contributed by atoms with Gasteiger partial charge in [-0.2, -0.15) is 5.10 Å². The summed E-state index contributed by atoms with van der Waals surface area (Å²) in [6, 6.07) is 13.6. The Hall–Kier alpha value is -2.95. The zero-order valence-corrected chi connectivity index (χ0v) is 13.9. The lowest BCUT2D eigenvalue weighted by Gasteiger charge is -2.06. The van der Waals surface area contributed by atoms with E-state index in [1.54, 1.807) is 24.5 Å². The van der Waals surface area contributed by atoms with Gasteiger partial charge in [0.1, 0.15) is 0 Å². The summed E-state index contributed by atoms with van der Waals surface area (Å²) >= 11 is 0. The summed E-state index contributed by atoms with van der Waals surface area (Å²) in [7, 11) is 0. The van der Waals surface area contributed by atoms with Crippen molar-refractivity contribution in [3.05, 3.63) is 71.8 Å². The van der Waals surface area contributed by atoms with Gasteiger partial charge < -0.3 is 5.32 Å². The van der Waals surface area contributed by atoms with Crippen LogP contribution in [-0.4, -0.2) is 20.7 Å². The van der Waals surface area contributed by atoms with Gasteiger partial charge in [-0.05, 0) is 50.1 Å². The largest absolute Gasteiger partial charge is 0.326 e. The third-order valence-electron chi connectivity index (χ3n) is 4.01. The highest BCUT2D eigenvalue weighted by Gasteiger charge is 2.14. The molecule has 1 aromatic carbocycles. The fraction of sp³-hybridized carbons (Fsp3) is 0.211. The number of aromatic nitrogens is 3.